The molecule has 1 aromatic carbocycles. The fourth-order valence-electron chi connectivity index (χ4n) is 1.82. The lowest BCUT2D eigenvalue weighted by atomic mass is 10.1. The fourth-order valence-corrected chi connectivity index (χ4v) is 2.95. The summed E-state index contributed by atoms with van der Waals surface area (Å²) in [5.41, 5.74) is 0.587. The van der Waals surface area contributed by atoms with Crippen molar-refractivity contribution in [1.29, 1.82) is 0 Å². The van der Waals surface area contributed by atoms with Crippen LogP contribution in [-0.4, -0.2) is 28.0 Å². The van der Waals surface area contributed by atoms with Crippen molar-refractivity contribution in [3.05, 3.63) is 42.0 Å². The molecule has 0 N–H and O–H groups in total. The van der Waals surface area contributed by atoms with Gasteiger partial charge in [-0.25, -0.2) is 8.42 Å². The molecular weight excluding hydrogens is 238 g/mol. The van der Waals surface area contributed by atoms with Crippen LogP contribution in [0.5, 0.6) is 5.75 Å². The molecule has 0 saturated heterocycles. The molecule has 0 saturated carbocycles. The predicted octanol–water partition coefficient (Wildman–Crippen LogP) is 1.53. The molecule has 0 fully saturated rings. The van der Waals surface area contributed by atoms with E-state index in [1.54, 1.807) is 43.5 Å². The molecule has 17 heavy (non-hydrogen) atoms. The van der Waals surface area contributed by atoms with E-state index in [0.29, 0.717) is 11.3 Å². The van der Waals surface area contributed by atoms with E-state index in [0.717, 1.165) is 0 Å². The van der Waals surface area contributed by atoms with Gasteiger partial charge < -0.3 is 4.74 Å². The van der Waals surface area contributed by atoms with Crippen molar-refractivity contribution in [2.24, 2.45) is 4.99 Å². The van der Waals surface area contributed by atoms with E-state index >= 15 is 0 Å². The zero-order valence-corrected chi connectivity index (χ0v) is 10.4. The lowest BCUT2D eigenvalue weighted by Crippen LogP contribution is -2.29. The Bertz CT molecular complexity index is 576. The van der Waals surface area contributed by atoms with E-state index in [-0.39, 0.29) is 0 Å². The molecule has 1 atom stereocenters. The van der Waals surface area contributed by atoms with Gasteiger partial charge in [0, 0.05) is 18.0 Å². The molecule has 0 spiro atoms. The Hall–Kier alpha value is -1.62. The summed E-state index contributed by atoms with van der Waals surface area (Å²) in [4.78, 5) is 2.80. The molecule has 0 aliphatic carbocycles. The molecule has 1 unspecified atom stereocenters. The first kappa shape index (κ1) is 11.9. The van der Waals surface area contributed by atoms with Crippen LogP contribution < -0.4 is 4.74 Å². The second-order valence-corrected chi connectivity index (χ2v) is 6.00. The number of sulfone groups is 1. The van der Waals surface area contributed by atoms with E-state index in [2.05, 4.69) is 4.99 Å². The van der Waals surface area contributed by atoms with E-state index < -0.39 is 14.7 Å². The number of hydrogen-bond donors (Lipinski definition) is 0. The third-order valence-corrected chi connectivity index (χ3v) is 4.33. The highest BCUT2D eigenvalue weighted by atomic mass is 32.2. The summed E-state index contributed by atoms with van der Waals surface area (Å²) in [6.45, 7) is 0. The van der Waals surface area contributed by atoms with Crippen LogP contribution in [0, 0.1) is 0 Å². The van der Waals surface area contributed by atoms with Gasteiger partial charge in [0.05, 0.1) is 7.11 Å². The maximum atomic E-state index is 11.9. The SMILES string of the molecule is COc1cccc(C2(S(C)(=O)=O)C=CC=N2)c1. The van der Waals surface area contributed by atoms with Gasteiger partial charge in [-0.05, 0) is 24.3 Å². The van der Waals surface area contributed by atoms with Gasteiger partial charge in [-0.15, -0.1) is 0 Å². The minimum Gasteiger partial charge on any atom is -0.497 e. The molecule has 1 aromatic rings. The quantitative estimate of drug-likeness (QED) is 0.818. The monoisotopic (exact) mass is 251 g/mol. The molecule has 90 valence electrons. The molecule has 1 aliphatic heterocycles. The number of hydrogen-bond acceptors (Lipinski definition) is 4. The highest BCUT2D eigenvalue weighted by Crippen LogP contribution is 2.36. The second-order valence-electron chi connectivity index (χ2n) is 3.84. The molecular formula is C12H13NO3S. The van der Waals surface area contributed by atoms with E-state index in [4.69, 9.17) is 4.74 Å². The van der Waals surface area contributed by atoms with Crippen molar-refractivity contribution >= 4 is 16.1 Å². The molecule has 0 bridgehead atoms. The average molecular weight is 251 g/mol. The molecule has 0 radical (unpaired) electrons. The van der Waals surface area contributed by atoms with E-state index in [1.165, 1.54) is 12.5 Å². The maximum absolute atomic E-state index is 11.9. The Labute approximate surface area is 101 Å². The second kappa shape index (κ2) is 4.00. The van der Waals surface area contributed by atoms with Crippen molar-refractivity contribution in [2.75, 3.05) is 13.4 Å². The molecule has 4 nitrogen and oxygen atoms in total. The topological polar surface area (TPSA) is 55.7 Å². The van der Waals surface area contributed by atoms with Crippen molar-refractivity contribution in [1.82, 2.24) is 0 Å². The molecule has 0 aromatic heterocycles. The lowest BCUT2D eigenvalue weighted by molar-refractivity contribution is 0.414. The number of benzene rings is 1. The lowest BCUT2D eigenvalue weighted by Gasteiger charge is -2.23. The van der Waals surface area contributed by atoms with Crippen molar-refractivity contribution in [2.45, 2.75) is 4.87 Å². The number of ether oxygens (including phenoxy) is 1. The first-order valence-electron chi connectivity index (χ1n) is 5.07. The van der Waals surface area contributed by atoms with Gasteiger partial charge in [0.1, 0.15) is 5.75 Å². The summed E-state index contributed by atoms with van der Waals surface area (Å²) in [5, 5.41) is 0. The number of allylic oxidation sites excluding steroid dienone is 1. The molecule has 2 rings (SSSR count). The zero-order valence-electron chi connectivity index (χ0n) is 9.62. The van der Waals surface area contributed by atoms with Gasteiger partial charge in [0.2, 0.25) is 4.87 Å². The normalized spacial score (nSPS) is 22.9. The Morgan fingerprint density at radius 1 is 1.35 bits per heavy atom. The van der Waals surface area contributed by atoms with Gasteiger partial charge in [0.25, 0.3) is 0 Å². The summed E-state index contributed by atoms with van der Waals surface area (Å²) in [6.07, 6.45) is 5.90. The summed E-state index contributed by atoms with van der Waals surface area (Å²) in [6, 6.07) is 6.94. The van der Waals surface area contributed by atoms with Crippen LogP contribution in [-0.2, 0) is 14.7 Å². The Balaban J connectivity index is 2.63. The van der Waals surface area contributed by atoms with Gasteiger partial charge >= 0.3 is 0 Å². The number of nitrogens with zero attached hydrogens (tertiary/aromatic N) is 1. The third-order valence-electron chi connectivity index (χ3n) is 2.72. The number of methoxy groups -OCH3 is 1. The highest BCUT2D eigenvalue weighted by Gasteiger charge is 2.41. The largest absolute Gasteiger partial charge is 0.497 e. The van der Waals surface area contributed by atoms with Gasteiger partial charge in [0.15, 0.2) is 9.84 Å². The smallest absolute Gasteiger partial charge is 0.204 e. The van der Waals surface area contributed by atoms with Crippen LogP contribution in [0.1, 0.15) is 5.56 Å². The average Bonchev–Trinajstić information content (AvgIpc) is 2.79. The summed E-state index contributed by atoms with van der Waals surface area (Å²) in [5.74, 6) is 0.612. The number of aliphatic imine (C=N–C) groups is 1. The predicted molar refractivity (Wildman–Crippen MR) is 67.1 cm³/mol. The first-order valence-corrected chi connectivity index (χ1v) is 6.96. The third kappa shape index (κ3) is 1.86. The van der Waals surface area contributed by atoms with E-state index in [9.17, 15) is 8.42 Å². The van der Waals surface area contributed by atoms with Gasteiger partial charge in [-0.3, -0.25) is 4.99 Å². The Morgan fingerprint density at radius 2 is 2.12 bits per heavy atom. The van der Waals surface area contributed by atoms with Crippen LogP contribution in [0.2, 0.25) is 0 Å². The standard InChI is InChI=1S/C12H13NO3S/c1-16-11-6-3-5-10(9-11)12(17(2,14)15)7-4-8-13-12/h3-9H,1-2H3. The summed E-state index contributed by atoms with van der Waals surface area (Å²) < 4.78 is 29.0. The Morgan fingerprint density at radius 3 is 2.65 bits per heavy atom. The van der Waals surface area contributed by atoms with Gasteiger partial charge in [-0.1, -0.05) is 12.1 Å². The molecule has 0 amide bonds. The molecule has 1 heterocycles. The van der Waals surface area contributed by atoms with Crippen LogP contribution in [0.3, 0.4) is 0 Å². The van der Waals surface area contributed by atoms with E-state index in [1.807, 2.05) is 0 Å². The Kier molecular flexibility index (Phi) is 2.79. The zero-order chi connectivity index (χ0) is 12.5. The minimum absolute atomic E-state index is 0.587. The van der Waals surface area contributed by atoms with Crippen LogP contribution in [0.15, 0.2) is 41.4 Å². The van der Waals surface area contributed by atoms with Crippen LogP contribution in [0.4, 0.5) is 0 Å². The maximum Gasteiger partial charge on any atom is 0.204 e. The minimum atomic E-state index is -3.38. The first-order chi connectivity index (χ1) is 7.99. The molecule has 5 heteroatoms. The molecule has 1 aliphatic rings. The van der Waals surface area contributed by atoms with Crippen molar-refractivity contribution in [3.63, 3.8) is 0 Å². The van der Waals surface area contributed by atoms with Crippen LogP contribution in [0.25, 0.3) is 0 Å². The fraction of sp³-hybridized carbons (Fsp3) is 0.250. The van der Waals surface area contributed by atoms with Crippen molar-refractivity contribution in [3.8, 4) is 5.75 Å². The highest BCUT2D eigenvalue weighted by molar-refractivity contribution is 7.91. The summed E-state index contributed by atoms with van der Waals surface area (Å²) >= 11 is 0. The summed E-state index contributed by atoms with van der Waals surface area (Å²) in [7, 11) is -1.84. The van der Waals surface area contributed by atoms with Gasteiger partial charge in [-0.2, -0.15) is 0 Å². The van der Waals surface area contributed by atoms with Crippen molar-refractivity contribution < 1.29 is 13.2 Å². The van der Waals surface area contributed by atoms with Crippen LogP contribution >= 0.6 is 0 Å². The number of rotatable bonds is 3.